The van der Waals surface area contributed by atoms with Crippen LogP contribution in [0.25, 0.3) is 6.08 Å². The van der Waals surface area contributed by atoms with Crippen LogP contribution in [0.5, 0.6) is 5.75 Å². The van der Waals surface area contributed by atoms with Gasteiger partial charge in [0.25, 0.3) is 0 Å². The molecule has 1 N–H and O–H groups in total. The fourth-order valence-electron chi connectivity index (χ4n) is 2.82. The van der Waals surface area contributed by atoms with E-state index in [1.165, 1.54) is 5.57 Å². The van der Waals surface area contributed by atoms with E-state index in [4.69, 9.17) is 4.74 Å². The fraction of sp³-hybridized carbons (Fsp3) is 0.450. The smallest absolute Gasteiger partial charge is 0.244 e. The Morgan fingerprint density at radius 3 is 2.72 bits per heavy atom. The average molecular weight is 407 g/mol. The van der Waals surface area contributed by atoms with Gasteiger partial charge in [0, 0.05) is 41.8 Å². The molecule has 25 heavy (non-hydrogen) atoms. The monoisotopic (exact) mass is 406 g/mol. The topological polar surface area (TPSA) is 41.6 Å². The van der Waals surface area contributed by atoms with E-state index in [1.807, 2.05) is 18.2 Å². The minimum absolute atomic E-state index is 0.0511. The minimum atomic E-state index is -0.0511. The van der Waals surface area contributed by atoms with Crippen LogP contribution >= 0.6 is 15.9 Å². The maximum absolute atomic E-state index is 12.2. The van der Waals surface area contributed by atoms with E-state index in [0.717, 1.165) is 48.3 Å². The first-order valence-electron chi connectivity index (χ1n) is 8.65. The fourth-order valence-corrected chi connectivity index (χ4v) is 3.20. The lowest BCUT2D eigenvalue weighted by Gasteiger charge is -2.31. The molecule has 5 heteroatoms. The van der Waals surface area contributed by atoms with Gasteiger partial charge in [-0.2, -0.15) is 0 Å². The number of nitrogens with zero attached hydrogens (tertiary/aromatic N) is 1. The van der Waals surface area contributed by atoms with Crippen molar-refractivity contribution in [2.45, 2.75) is 32.7 Å². The van der Waals surface area contributed by atoms with Crippen molar-refractivity contribution in [3.05, 3.63) is 46.0 Å². The zero-order valence-corrected chi connectivity index (χ0v) is 16.8. The Balaban J connectivity index is 1.83. The lowest BCUT2D eigenvalue weighted by atomic mass is 10.0. The maximum Gasteiger partial charge on any atom is 0.244 e. The van der Waals surface area contributed by atoms with Crippen LogP contribution in [0.3, 0.4) is 0 Å². The molecule has 0 bridgehead atoms. The second kappa shape index (κ2) is 9.78. The number of halogens is 1. The van der Waals surface area contributed by atoms with Crippen molar-refractivity contribution in [3.63, 3.8) is 0 Å². The molecule has 1 aliphatic heterocycles. The average Bonchev–Trinajstić information content (AvgIpc) is 2.59. The van der Waals surface area contributed by atoms with Crippen molar-refractivity contribution < 1.29 is 9.53 Å². The SMILES string of the molecule is COc1ccc(Br)cc1/C=C/C(=O)NC1CCN(CC=C(C)C)CC1. The number of methoxy groups -OCH3 is 1. The Labute approximate surface area is 159 Å². The van der Waals surface area contributed by atoms with Gasteiger partial charge in [-0.05, 0) is 51.0 Å². The van der Waals surface area contributed by atoms with Crippen LogP contribution in [0.15, 0.2) is 40.4 Å². The Morgan fingerprint density at radius 1 is 1.36 bits per heavy atom. The summed E-state index contributed by atoms with van der Waals surface area (Å²) < 4.78 is 6.28. The Hall–Kier alpha value is -1.59. The van der Waals surface area contributed by atoms with Crippen LogP contribution in [0.1, 0.15) is 32.3 Å². The highest BCUT2D eigenvalue weighted by Crippen LogP contribution is 2.24. The molecule has 0 atom stereocenters. The molecule has 0 aliphatic carbocycles. The van der Waals surface area contributed by atoms with E-state index in [2.05, 4.69) is 46.1 Å². The number of likely N-dealkylation sites (tertiary alicyclic amines) is 1. The van der Waals surface area contributed by atoms with Crippen LogP contribution in [0.2, 0.25) is 0 Å². The third-order valence-corrected chi connectivity index (χ3v) is 4.79. The number of amides is 1. The van der Waals surface area contributed by atoms with E-state index in [1.54, 1.807) is 19.3 Å². The highest BCUT2D eigenvalue weighted by Gasteiger charge is 2.19. The summed E-state index contributed by atoms with van der Waals surface area (Å²) in [5.74, 6) is 0.699. The molecule has 136 valence electrons. The molecule has 0 aromatic heterocycles. The number of benzene rings is 1. The van der Waals surface area contributed by atoms with Gasteiger partial charge in [0.2, 0.25) is 5.91 Å². The van der Waals surface area contributed by atoms with Gasteiger partial charge in [-0.15, -0.1) is 0 Å². The van der Waals surface area contributed by atoms with Crippen LogP contribution in [-0.2, 0) is 4.79 Å². The third-order valence-electron chi connectivity index (χ3n) is 4.30. The highest BCUT2D eigenvalue weighted by molar-refractivity contribution is 9.10. The number of rotatable bonds is 6. The predicted octanol–water partition coefficient (Wildman–Crippen LogP) is 4.02. The molecule has 1 saturated heterocycles. The summed E-state index contributed by atoms with van der Waals surface area (Å²) >= 11 is 3.44. The number of ether oxygens (including phenoxy) is 1. The van der Waals surface area contributed by atoms with Crippen LogP contribution in [0.4, 0.5) is 0 Å². The van der Waals surface area contributed by atoms with E-state index in [0.29, 0.717) is 0 Å². The van der Waals surface area contributed by atoms with Gasteiger partial charge in [-0.3, -0.25) is 9.69 Å². The van der Waals surface area contributed by atoms with E-state index in [-0.39, 0.29) is 11.9 Å². The van der Waals surface area contributed by atoms with Crippen LogP contribution in [-0.4, -0.2) is 43.6 Å². The van der Waals surface area contributed by atoms with E-state index in [9.17, 15) is 4.79 Å². The zero-order valence-electron chi connectivity index (χ0n) is 15.2. The number of hydrogen-bond acceptors (Lipinski definition) is 3. The molecule has 1 heterocycles. The summed E-state index contributed by atoms with van der Waals surface area (Å²) in [6.45, 7) is 7.31. The molecule has 2 rings (SSSR count). The Kier molecular flexibility index (Phi) is 7.72. The number of piperidine rings is 1. The van der Waals surface area contributed by atoms with Crippen LogP contribution < -0.4 is 10.1 Å². The minimum Gasteiger partial charge on any atom is -0.496 e. The lowest BCUT2D eigenvalue weighted by Crippen LogP contribution is -2.44. The molecule has 1 aliphatic rings. The molecule has 0 radical (unpaired) electrons. The van der Waals surface area contributed by atoms with Gasteiger partial charge in [-0.25, -0.2) is 0 Å². The lowest BCUT2D eigenvalue weighted by molar-refractivity contribution is -0.117. The molecule has 0 unspecified atom stereocenters. The predicted molar refractivity (Wildman–Crippen MR) is 107 cm³/mol. The van der Waals surface area contributed by atoms with Crippen molar-refractivity contribution in [1.82, 2.24) is 10.2 Å². The second-order valence-corrected chi connectivity index (χ2v) is 7.50. The molecule has 1 fully saturated rings. The number of nitrogens with one attached hydrogen (secondary N) is 1. The maximum atomic E-state index is 12.2. The summed E-state index contributed by atoms with van der Waals surface area (Å²) in [6, 6.07) is 5.98. The zero-order chi connectivity index (χ0) is 18.2. The van der Waals surface area contributed by atoms with Crippen molar-refractivity contribution in [3.8, 4) is 5.75 Å². The van der Waals surface area contributed by atoms with Crippen molar-refractivity contribution in [1.29, 1.82) is 0 Å². The van der Waals surface area contributed by atoms with Crippen molar-refractivity contribution in [2.24, 2.45) is 0 Å². The summed E-state index contributed by atoms with van der Waals surface area (Å²) in [5, 5.41) is 3.11. The second-order valence-electron chi connectivity index (χ2n) is 6.58. The number of allylic oxidation sites excluding steroid dienone is 1. The highest BCUT2D eigenvalue weighted by atomic mass is 79.9. The largest absolute Gasteiger partial charge is 0.496 e. The quantitative estimate of drug-likeness (QED) is 0.572. The molecule has 1 aromatic rings. The first-order valence-corrected chi connectivity index (χ1v) is 9.45. The molecule has 0 spiro atoms. The summed E-state index contributed by atoms with van der Waals surface area (Å²) in [7, 11) is 1.63. The molecule has 1 aromatic carbocycles. The van der Waals surface area contributed by atoms with Gasteiger partial charge in [0.1, 0.15) is 5.75 Å². The first-order chi connectivity index (χ1) is 12.0. The van der Waals surface area contributed by atoms with Crippen molar-refractivity contribution >= 4 is 27.9 Å². The van der Waals surface area contributed by atoms with Gasteiger partial charge >= 0.3 is 0 Å². The summed E-state index contributed by atoms with van der Waals surface area (Å²) in [6.07, 6.45) is 7.63. The van der Waals surface area contributed by atoms with Gasteiger partial charge in [-0.1, -0.05) is 27.6 Å². The molecule has 4 nitrogen and oxygen atoms in total. The van der Waals surface area contributed by atoms with Gasteiger partial charge in [0.15, 0.2) is 0 Å². The third kappa shape index (κ3) is 6.67. The van der Waals surface area contributed by atoms with Gasteiger partial charge in [0.05, 0.1) is 7.11 Å². The van der Waals surface area contributed by atoms with E-state index < -0.39 is 0 Å². The Bertz CT molecular complexity index is 643. The standard InChI is InChI=1S/C20H27BrN2O2/c1-15(2)8-11-23-12-9-18(10-13-23)22-20(24)7-4-16-14-17(21)5-6-19(16)25-3/h4-8,14,18H,9-13H2,1-3H3,(H,22,24)/b7-4+. The number of carbonyl (C=O) groups is 1. The molecular formula is C20H27BrN2O2. The van der Waals surface area contributed by atoms with Crippen LogP contribution in [0, 0.1) is 0 Å². The summed E-state index contributed by atoms with van der Waals surface area (Å²) in [5.41, 5.74) is 2.23. The molecular weight excluding hydrogens is 380 g/mol. The Morgan fingerprint density at radius 2 is 2.08 bits per heavy atom. The number of hydrogen-bond donors (Lipinski definition) is 1. The molecule has 0 saturated carbocycles. The summed E-state index contributed by atoms with van der Waals surface area (Å²) in [4.78, 5) is 14.6. The molecule has 1 amide bonds. The van der Waals surface area contributed by atoms with Crippen molar-refractivity contribution in [2.75, 3.05) is 26.7 Å². The van der Waals surface area contributed by atoms with E-state index >= 15 is 0 Å². The normalized spacial score (nSPS) is 16.0. The van der Waals surface area contributed by atoms with Gasteiger partial charge < -0.3 is 10.1 Å². The number of carbonyl (C=O) groups excluding carboxylic acids is 1. The first kappa shape index (κ1) is 19.7.